The summed E-state index contributed by atoms with van der Waals surface area (Å²) in [5, 5.41) is 3.91. The van der Waals surface area contributed by atoms with E-state index in [0.29, 0.717) is 0 Å². The molecule has 3 heteroatoms. The molecule has 0 aromatic rings. The van der Waals surface area contributed by atoms with Crippen LogP contribution in [0.2, 0.25) is 0 Å². The van der Waals surface area contributed by atoms with Gasteiger partial charge in [-0.15, -0.1) is 0 Å². The lowest BCUT2D eigenvalue weighted by Crippen LogP contribution is -2.46. The van der Waals surface area contributed by atoms with Gasteiger partial charge in [-0.05, 0) is 77.2 Å². The molecule has 0 aliphatic carbocycles. The van der Waals surface area contributed by atoms with Gasteiger partial charge in [0, 0.05) is 18.6 Å². The molecule has 2 saturated heterocycles. The molecule has 2 heterocycles. The number of likely N-dealkylation sites (tertiary alicyclic amines) is 2. The third kappa shape index (κ3) is 5.54. The van der Waals surface area contributed by atoms with Crippen LogP contribution in [0.25, 0.3) is 0 Å². The van der Waals surface area contributed by atoms with Crippen molar-refractivity contribution in [2.24, 2.45) is 5.92 Å². The Morgan fingerprint density at radius 2 is 1.76 bits per heavy atom. The maximum atomic E-state index is 3.91. The maximum Gasteiger partial charge on any atom is 0.0243 e. The molecule has 2 atom stereocenters. The molecule has 2 unspecified atom stereocenters. The molecule has 0 saturated carbocycles. The fourth-order valence-corrected chi connectivity index (χ4v) is 4.05. The Balaban J connectivity index is 1.75. The summed E-state index contributed by atoms with van der Waals surface area (Å²) in [7, 11) is 0. The minimum absolute atomic E-state index is 0.738. The highest BCUT2D eigenvalue weighted by Crippen LogP contribution is 2.18. The highest BCUT2D eigenvalue weighted by Gasteiger charge is 2.25. The van der Waals surface area contributed by atoms with Crippen LogP contribution in [-0.2, 0) is 0 Å². The molecule has 1 N–H and O–H groups in total. The second-order valence-electron chi connectivity index (χ2n) is 7.43. The largest absolute Gasteiger partial charge is 0.312 e. The van der Waals surface area contributed by atoms with E-state index in [9.17, 15) is 0 Å². The Labute approximate surface area is 132 Å². The Bertz CT molecular complexity index is 274. The van der Waals surface area contributed by atoms with Gasteiger partial charge >= 0.3 is 0 Å². The van der Waals surface area contributed by atoms with E-state index in [4.69, 9.17) is 0 Å². The van der Waals surface area contributed by atoms with Crippen molar-refractivity contribution in [1.82, 2.24) is 15.1 Å². The monoisotopic (exact) mass is 295 g/mol. The maximum absolute atomic E-state index is 3.91. The molecule has 3 nitrogen and oxygen atoms in total. The van der Waals surface area contributed by atoms with Crippen molar-refractivity contribution in [3.8, 4) is 0 Å². The predicted molar refractivity (Wildman–Crippen MR) is 91.8 cm³/mol. The molecule has 0 aromatic heterocycles. The van der Waals surface area contributed by atoms with Crippen LogP contribution in [0.3, 0.4) is 0 Å². The molecule has 0 aromatic carbocycles. The van der Waals surface area contributed by atoms with Gasteiger partial charge in [0.1, 0.15) is 0 Å². The number of hydrogen-bond donors (Lipinski definition) is 1. The quantitative estimate of drug-likeness (QED) is 0.779. The van der Waals surface area contributed by atoms with E-state index in [1.54, 1.807) is 0 Å². The normalized spacial score (nSPS) is 27.1. The van der Waals surface area contributed by atoms with E-state index >= 15 is 0 Å². The van der Waals surface area contributed by atoms with E-state index in [1.807, 2.05) is 0 Å². The van der Waals surface area contributed by atoms with E-state index in [-0.39, 0.29) is 0 Å². The number of nitrogens with zero attached hydrogens (tertiary/aromatic N) is 2. The summed E-state index contributed by atoms with van der Waals surface area (Å²) in [4.78, 5) is 5.37. The lowest BCUT2D eigenvalue weighted by atomic mass is 10.0. The molecule has 2 rings (SSSR count). The Kier molecular flexibility index (Phi) is 7.48. The van der Waals surface area contributed by atoms with Gasteiger partial charge in [0.2, 0.25) is 0 Å². The summed E-state index contributed by atoms with van der Waals surface area (Å²) >= 11 is 0. The van der Waals surface area contributed by atoms with Crippen molar-refractivity contribution in [2.75, 3.05) is 39.3 Å². The molecule has 2 fully saturated rings. The molecule has 2 aliphatic rings. The van der Waals surface area contributed by atoms with Crippen molar-refractivity contribution < 1.29 is 0 Å². The van der Waals surface area contributed by atoms with Crippen molar-refractivity contribution in [3.05, 3.63) is 0 Å². The Hall–Kier alpha value is -0.120. The summed E-state index contributed by atoms with van der Waals surface area (Å²) in [6.45, 7) is 14.8. The van der Waals surface area contributed by atoms with Gasteiger partial charge in [0.15, 0.2) is 0 Å². The summed E-state index contributed by atoms with van der Waals surface area (Å²) in [6.07, 6.45) is 8.17. The average Bonchev–Trinajstić information content (AvgIpc) is 2.88. The number of rotatable bonds is 7. The lowest BCUT2D eigenvalue weighted by molar-refractivity contribution is 0.180. The van der Waals surface area contributed by atoms with Crippen LogP contribution in [0.15, 0.2) is 0 Å². The van der Waals surface area contributed by atoms with E-state index < -0.39 is 0 Å². The fraction of sp³-hybridized carbons (Fsp3) is 1.00. The third-order valence-electron chi connectivity index (χ3n) is 5.36. The van der Waals surface area contributed by atoms with Crippen LogP contribution in [0.5, 0.6) is 0 Å². The van der Waals surface area contributed by atoms with Gasteiger partial charge in [-0.25, -0.2) is 0 Å². The second-order valence-corrected chi connectivity index (χ2v) is 7.43. The zero-order valence-electron chi connectivity index (χ0n) is 14.6. The summed E-state index contributed by atoms with van der Waals surface area (Å²) in [5.74, 6) is 0.762. The first-order valence-electron chi connectivity index (χ1n) is 9.40. The summed E-state index contributed by atoms with van der Waals surface area (Å²) < 4.78 is 0. The first kappa shape index (κ1) is 17.2. The molecule has 0 spiro atoms. The average molecular weight is 296 g/mol. The molecule has 0 bridgehead atoms. The van der Waals surface area contributed by atoms with Gasteiger partial charge in [-0.2, -0.15) is 0 Å². The number of hydrogen-bond acceptors (Lipinski definition) is 3. The van der Waals surface area contributed by atoms with Gasteiger partial charge in [0.25, 0.3) is 0 Å². The van der Waals surface area contributed by atoms with E-state index in [1.165, 1.54) is 77.8 Å². The minimum Gasteiger partial charge on any atom is -0.312 e. The van der Waals surface area contributed by atoms with Crippen molar-refractivity contribution >= 4 is 0 Å². The van der Waals surface area contributed by atoms with Gasteiger partial charge in [0.05, 0.1) is 0 Å². The van der Waals surface area contributed by atoms with Crippen LogP contribution in [0.1, 0.15) is 59.3 Å². The summed E-state index contributed by atoms with van der Waals surface area (Å²) in [5.41, 5.74) is 0. The third-order valence-corrected chi connectivity index (χ3v) is 5.36. The smallest absolute Gasteiger partial charge is 0.0243 e. The molecule has 2 aliphatic heterocycles. The lowest BCUT2D eigenvalue weighted by Gasteiger charge is -2.32. The fourth-order valence-electron chi connectivity index (χ4n) is 4.05. The molecule has 0 amide bonds. The second kappa shape index (κ2) is 9.12. The minimum atomic E-state index is 0.738. The van der Waals surface area contributed by atoms with Gasteiger partial charge in [-0.1, -0.05) is 20.8 Å². The SMILES string of the molecule is CCCN1CCCC(NCC(C(C)C)N2CCCC2)CC1. The first-order chi connectivity index (χ1) is 10.2. The van der Waals surface area contributed by atoms with Crippen LogP contribution >= 0.6 is 0 Å². The Morgan fingerprint density at radius 1 is 1.00 bits per heavy atom. The molecular weight excluding hydrogens is 258 g/mol. The van der Waals surface area contributed by atoms with Crippen molar-refractivity contribution in [2.45, 2.75) is 71.4 Å². The molecule has 124 valence electrons. The van der Waals surface area contributed by atoms with E-state index in [0.717, 1.165) is 18.0 Å². The highest BCUT2D eigenvalue weighted by atomic mass is 15.2. The molecule has 0 radical (unpaired) electrons. The van der Waals surface area contributed by atoms with Crippen LogP contribution in [-0.4, -0.2) is 61.2 Å². The zero-order chi connectivity index (χ0) is 15.1. The Morgan fingerprint density at radius 3 is 2.43 bits per heavy atom. The van der Waals surface area contributed by atoms with E-state index in [2.05, 4.69) is 35.9 Å². The highest BCUT2D eigenvalue weighted by molar-refractivity contribution is 4.83. The van der Waals surface area contributed by atoms with Crippen molar-refractivity contribution in [3.63, 3.8) is 0 Å². The van der Waals surface area contributed by atoms with Crippen LogP contribution in [0.4, 0.5) is 0 Å². The number of nitrogens with one attached hydrogen (secondary N) is 1. The van der Waals surface area contributed by atoms with Crippen molar-refractivity contribution in [1.29, 1.82) is 0 Å². The summed E-state index contributed by atoms with van der Waals surface area (Å²) in [6, 6.07) is 1.48. The zero-order valence-corrected chi connectivity index (χ0v) is 14.6. The molecule has 21 heavy (non-hydrogen) atoms. The molecular formula is C18H37N3. The van der Waals surface area contributed by atoms with Gasteiger partial charge < -0.3 is 10.2 Å². The topological polar surface area (TPSA) is 18.5 Å². The van der Waals surface area contributed by atoms with Crippen LogP contribution < -0.4 is 5.32 Å². The van der Waals surface area contributed by atoms with Gasteiger partial charge in [-0.3, -0.25) is 4.90 Å². The first-order valence-corrected chi connectivity index (χ1v) is 9.40. The van der Waals surface area contributed by atoms with Crippen LogP contribution in [0, 0.1) is 5.92 Å². The predicted octanol–water partition coefficient (Wildman–Crippen LogP) is 2.96. The standard InChI is InChI=1S/C18H37N3/c1-4-10-20-11-7-8-17(9-14-20)19-15-18(16(2)3)21-12-5-6-13-21/h16-19H,4-15H2,1-3H3.